The van der Waals surface area contributed by atoms with Crippen molar-refractivity contribution in [3.8, 4) is 11.5 Å². The van der Waals surface area contributed by atoms with Crippen LogP contribution in [0.1, 0.15) is 17.2 Å². The second-order valence-electron chi connectivity index (χ2n) is 5.20. The van der Waals surface area contributed by atoms with Crippen LogP contribution in [-0.4, -0.2) is 36.2 Å². The number of hydrogen-bond acceptors (Lipinski definition) is 4. The molecule has 22 heavy (non-hydrogen) atoms. The number of oxazole rings is 1. The molecule has 1 aliphatic rings. The summed E-state index contributed by atoms with van der Waals surface area (Å²) in [6, 6.07) is 3.17. The van der Waals surface area contributed by atoms with Crippen molar-refractivity contribution in [1.29, 1.82) is 0 Å². The second-order valence-corrected chi connectivity index (χ2v) is 6.06. The van der Waals surface area contributed by atoms with E-state index in [1.807, 2.05) is 0 Å². The summed E-state index contributed by atoms with van der Waals surface area (Å²) in [5.74, 6) is 0.835. The number of likely N-dealkylation sites (tertiary alicyclic amines) is 1. The van der Waals surface area contributed by atoms with Crippen LogP contribution in [0.3, 0.4) is 0 Å². The molecule has 0 atom stereocenters. The van der Waals surface area contributed by atoms with Gasteiger partial charge in [-0.05, 0) is 24.6 Å². The molecular weight excluding hydrogens is 355 g/mol. The first-order chi connectivity index (χ1) is 10.5. The topological polar surface area (TPSA) is 55.6 Å². The van der Waals surface area contributed by atoms with Gasteiger partial charge in [0, 0.05) is 23.1 Å². The lowest BCUT2D eigenvalue weighted by molar-refractivity contribution is 0.0835. The molecule has 1 aromatic heterocycles. The zero-order chi connectivity index (χ0) is 15.9. The van der Waals surface area contributed by atoms with E-state index in [-0.39, 0.29) is 17.8 Å². The van der Waals surface area contributed by atoms with Gasteiger partial charge in [0.05, 0.1) is 19.2 Å². The predicted molar refractivity (Wildman–Crippen MR) is 81.1 cm³/mol. The highest BCUT2D eigenvalue weighted by atomic mass is 79.9. The summed E-state index contributed by atoms with van der Waals surface area (Å²) in [6.07, 6.45) is 1.28. The van der Waals surface area contributed by atoms with Crippen LogP contribution in [0.5, 0.6) is 0 Å². The molecule has 1 saturated heterocycles. The third-order valence-electron chi connectivity index (χ3n) is 3.77. The fraction of sp³-hybridized carbons (Fsp3) is 0.333. The van der Waals surface area contributed by atoms with E-state index >= 15 is 0 Å². The largest absolute Gasteiger partial charge is 0.453 e. The minimum atomic E-state index is -0.347. The number of carbonyl (C=O) groups is 1. The number of halogens is 2. The van der Waals surface area contributed by atoms with Crippen LogP contribution in [0, 0.1) is 12.7 Å². The average Bonchev–Trinajstić information content (AvgIpc) is 2.91. The fourth-order valence-electron chi connectivity index (χ4n) is 2.31. The first-order valence-electron chi connectivity index (χ1n) is 6.74. The lowest BCUT2D eigenvalue weighted by Gasteiger charge is -2.36. The van der Waals surface area contributed by atoms with Gasteiger partial charge >= 0.3 is 6.09 Å². The molecule has 0 unspecified atom stereocenters. The number of benzene rings is 1. The normalized spacial score (nSPS) is 14.8. The van der Waals surface area contributed by atoms with E-state index < -0.39 is 0 Å². The van der Waals surface area contributed by atoms with Crippen molar-refractivity contribution in [2.45, 2.75) is 12.8 Å². The van der Waals surface area contributed by atoms with E-state index in [0.29, 0.717) is 40.3 Å². The molecule has 2 heterocycles. The van der Waals surface area contributed by atoms with Crippen molar-refractivity contribution < 1.29 is 18.3 Å². The van der Waals surface area contributed by atoms with Crippen LogP contribution in [0.15, 0.2) is 27.2 Å². The van der Waals surface area contributed by atoms with Crippen LogP contribution in [-0.2, 0) is 4.74 Å². The monoisotopic (exact) mass is 368 g/mol. The third kappa shape index (κ3) is 2.61. The van der Waals surface area contributed by atoms with E-state index in [1.165, 1.54) is 13.2 Å². The van der Waals surface area contributed by atoms with Gasteiger partial charge in [-0.15, -0.1) is 0 Å². The van der Waals surface area contributed by atoms with Gasteiger partial charge in [0.2, 0.25) is 5.89 Å². The lowest BCUT2D eigenvalue weighted by Crippen LogP contribution is -2.48. The standard InChI is InChI=1S/C15H14BrFN2O3/c1-8-11(16)3-9(4-12(8)17)14-18-5-13(22-14)10-6-19(7-10)15(20)21-2/h3-5,10H,6-7H2,1-2H3. The van der Waals surface area contributed by atoms with Gasteiger partial charge in [-0.1, -0.05) is 15.9 Å². The number of ether oxygens (including phenoxy) is 1. The van der Waals surface area contributed by atoms with E-state index in [4.69, 9.17) is 4.42 Å². The molecule has 0 spiro atoms. The Kier molecular flexibility index (Phi) is 3.90. The first-order valence-corrected chi connectivity index (χ1v) is 7.53. The maximum absolute atomic E-state index is 13.8. The highest BCUT2D eigenvalue weighted by Crippen LogP contribution is 2.32. The van der Waals surface area contributed by atoms with Crippen LogP contribution < -0.4 is 0 Å². The number of aromatic nitrogens is 1. The minimum Gasteiger partial charge on any atom is -0.453 e. The molecule has 0 aliphatic carbocycles. The molecule has 0 saturated carbocycles. The number of amides is 1. The van der Waals surface area contributed by atoms with E-state index in [0.717, 1.165) is 0 Å². The summed E-state index contributed by atoms with van der Waals surface area (Å²) in [5, 5.41) is 0. The Morgan fingerprint density at radius 3 is 2.86 bits per heavy atom. The van der Waals surface area contributed by atoms with Crippen LogP contribution in [0.2, 0.25) is 0 Å². The van der Waals surface area contributed by atoms with Crippen LogP contribution in [0.25, 0.3) is 11.5 Å². The predicted octanol–water partition coefficient (Wildman–Crippen LogP) is 3.72. The molecule has 1 amide bonds. The molecule has 0 radical (unpaired) electrons. The second kappa shape index (κ2) is 5.72. The van der Waals surface area contributed by atoms with Gasteiger partial charge in [-0.2, -0.15) is 0 Å². The molecule has 3 rings (SSSR count). The summed E-state index contributed by atoms with van der Waals surface area (Å²) in [6.45, 7) is 2.76. The number of hydrogen-bond donors (Lipinski definition) is 0. The number of nitrogens with zero attached hydrogens (tertiary/aromatic N) is 2. The Balaban J connectivity index is 1.77. The maximum Gasteiger partial charge on any atom is 0.409 e. The Morgan fingerprint density at radius 1 is 1.50 bits per heavy atom. The Hall–Kier alpha value is -1.89. The molecule has 116 valence electrons. The highest BCUT2D eigenvalue weighted by molar-refractivity contribution is 9.10. The van der Waals surface area contributed by atoms with Gasteiger partial charge < -0.3 is 14.1 Å². The minimum absolute atomic E-state index is 0.0964. The quantitative estimate of drug-likeness (QED) is 0.810. The zero-order valence-electron chi connectivity index (χ0n) is 12.1. The van der Waals surface area contributed by atoms with E-state index in [2.05, 4.69) is 25.7 Å². The number of carbonyl (C=O) groups excluding carboxylic acids is 1. The van der Waals surface area contributed by atoms with E-state index in [1.54, 1.807) is 24.1 Å². The molecule has 2 aromatic rings. The van der Waals surface area contributed by atoms with Crippen molar-refractivity contribution in [3.05, 3.63) is 39.9 Å². The van der Waals surface area contributed by atoms with Gasteiger partial charge in [0.1, 0.15) is 11.6 Å². The Labute approximate surface area is 135 Å². The van der Waals surface area contributed by atoms with E-state index in [9.17, 15) is 9.18 Å². The molecule has 5 nitrogen and oxygen atoms in total. The SMILES string of the molecule is COC(=O)N1CC(c2cnc(-c3cc(F)c(C)c(Br)c3)o2)C1. The molecular formula is C15H14BrFN2O3. The lowest BCUT2D eigenvalue weighted by atomic mass is 9.99. The van der Waals surface area contributed by atoms with Gasteiger partial charge in [-0.25, -0.2) is 14.2 Å². The molecule has 0 N–H and O–H groups in total. The Morgan fingerprint density at radius 2 is 2.23 bits per heavy atom. The summed E-state index contributed by atoms with van der Waals surface area (Å²) in [4.78, 5) is 17.1. The van der Waals surface area contributed by atoms with Crippen LogP contribution >= 0.6 is 15.9 Å². The Bertz CT molecular complexity index is 702. The van der Waals surface area contributed by atoms with Crippen molar-refractivity contribution in [3.63, 3.8) is 0 Å². The number of methoxy groups -OCH3 is 1. The molecule has 1 aromatic carbocycles. The smallest absolute Gasteiger partial charge is 0.409 e. The van der Waals surface area contributed by atoms with Crippen molar-refractivity contribution >= 4 is 22.0 Å². The highest BCUT2D eigenvalue weighted by Gasteiger charge is 2.34. The first kappa shape index (κ1) is 15.0. The van der Waals surface area contributed by atoms with Crippen molar-refractivity contribution in [2.75, 3.05) is 20.2 Å². The molecule has 7 heteroatoms. The van der Waals surface area contributed by atoms with Crippen molar-refractivity contribution in [2.24, 2.45) is 0 Å². The third-order valence-corrected chi connectivity index (χ3v) is 4.59. The molecule has 1 fully saturated rings. The van der Waals surface area contributed by atoms with Crippen molar-refractivity contribution in [1.82, 2.24) is 9.88 Å². The average molecular weight is 369 g/mol. The zero-order valence-corrected chi connectivity index (χ0v) is 13.7. The summed E-state index contributed by atoms with van der Waals surface area (Å²) in [7, 11) is 1.35. The fourth-order valence-corrected chi connectivity index (χ4v) is 2.75. The summed E-state index contributed by atoms with van der Waals surface area (Å²) < 4.78 is 24.8. The summed E-state index contributed by atoms with van der Waals surface area (Å²) >= 11 is 3.32. The van der Waals surface area contributed by atoms with Crippen LogP contribution in [0.4, 0.5) is 9.18 Å². The van der Waals surface area contributed by atoms with Gasteiger partial charge in [0.25, 0.3) is 0 Å². The van der Waals surface area contributed by atoms with Gasteiger partial charge in [0.15, 0.2) is 0 Å². The summed E-state index contributed by atoms with van der Waals surface area (Å²) in [5.41, 5.74) is 1.12. The maximum atomic E-state index is 13.8. The molecule has 1 aliphatic heterocycles. The molecule has 0 bridgehead atoms. The number of rotatable bonds is 2. The van der Waals surface area contributed by atoms with Gasteiger partial charge in [-0.3, -0.25) is 0 Å².